The molecule has 0 aromatic heterocycles. The third-order valence-electron chi connectivity index (χ3n) is 2.65. The van der Waals surface area contributed by atoms with Crippen LogP contribution < -0.4 is 0 Å². The van der Waals surface area contributed by atoms with Crippen molar-refractivity contribution in [1.82, 2.24) is 0 Å². The standard InChI is InChI=1S/C13H19NO4S/c1-8(2)11-6-10(14-18-19(5,16)17)7-12(9(3)4)13(11)15/h6-9H,1-5H3. The van der Waals surface area contributed by atoms with Gasteiger partial charge in [-0.05, 0) is 24.0 Å². The Morgan fingerprint density at radius 3 is 1.79 bits per heavy atom. The van der Waals surface area contributed by atoms with E-state index in [0.717, 1.165) is 6.26 Å². The number of rotatable bonds is 4. The van der Waals surface area contributed by atoms with Crippen LogP contribution in [0, 0.1) is 11.8 Å². The number of carbonyl (C=O) groups is 1. The van der Waals surface area contributed by atoms with E-state index in [1.54, 1.807) is 12.2 Å². The minimum Gasteiger partial charge on any atom is -0.289 e. The fourth-order valence-electron chi connectivity index (χ4n) is 1.68. The summed E-state index contributed by atoms with van der Waals surface area (Å²) in [5.74, 6) is 0.0695. The van der Waals surface area contributed by atoms with Crippen molar-refractivity contribution < 1.29 is 17.5 Å². The number of nitrogens with zero attached hydrogens (tertiary/aromatic N) is 1. The average molecular weight is 285 g/mol. The summed E-state index contributed by atoms with van der Waals surface area (Å²) in [4.78, 5) is 12.2. The van der Waals surface area contributed by atoms with Gasteiger partial charge in [0.25, 0.3) is 0 Å². The normalized spacial score (nSPS) is 16.6. The van der Waals surface area contributed by atoms with Crippen molar-refractivity contribution in [3.63, 3.8) is 0 Å². The summed E-state index contributed by atoms with van der Waals surface area (Å²) in [7, 11) is -3.64. The first-order chi connectivity index (χ1) is 8.61. The zero-order valence-electron chi connectivity index (χ0n) is 11.8. The maximum Gasteiger partial charge on any atom is 0.325 e. The third-order valence-corrected chi connectivity index (χ3v) is 3.00. The van der Waals surface area contributed by atoms with Crippen molar-refractivity contribution in [2.24, 2.45) is 17.0 Å². The Kier molecular flexibility index (Phi) is 4.68. The second kappa shape index (κ2) is 5.69. The lowest BCUT2D eigenvalue weighted by atomic mass is 9.84. The zero-order valence-corrected chi connectivity index (χ0v) is 12.6. The first-order valence-corrected chi connectivity index (χ1v) is 7.88. The van der Waals surface area contributed by atoms with E-state index >= 15 is 0 Å². The minimum atomic E-state index is -3.64. The summed E-state index contributed by atoms with van der Waals surface area (Å²) in [6, 6.07) is 0. The maximum absolute atomic E-state index is 12.2. The summed E-state index contributed by atoms with van der Waals surface area (Å²) < 4.78 is 26.3. The Morgan fingerprint density at radius 1 is 1.05 bits per heavy atom. The minimum absolute atomic E-state index is 0.0108. The van der Waals surface area contributed by atoms with Crippen molar-refractivity contribution in [3.8, 4) is 0 Å². The van der Waals surface area contributed by atoms with Gasteiger partial charge in [-0.1, -0.05) is 32.9 Å². The Morgan fingerprint density at radius 2 is 1.47 bits per heavy atom. The molecule has 5 nitrogen and oxygen atoms in total. The Bertz CT molecular complexity index is 535. The molecule has 19 heavy (non-hydrogen) atoms. The van der Waals surface area contributed by atoms with Crippen molar-refractivity contribution in [3.05, 3.63) is 23.3 Å². The van der Waals surface area contributed by atoms with E-state index in [2.05, 4.69) is 9.44 Å². The van der Waals surface area contributed by atoms with E-state index in [-0.39, 0.29) is 17.6 Å². The van der Waals surface area contributed by atoms with Crippen LogP contribution in [0.3, 0.4) is 0 Å². The summed E-state index contributed by atoms with van der Waals surface area (Å²) in [5, 5.41) is 3.58. The lowest BCUT2D eigenvalue weighted by Crippen LogP contribution is -2.21. The van der Waals surface area contributed by atoms with Crippen molar-refractivity contribution in [2.45, 2.75) is 27.7 Å². The average Bonchev–Trinajstić information content (AvgIpc) is 2.25. The van der Waals surface area contributed by atoms with Gasteiger partial charge in [0.05, 0.1) is 6.26 Å². The predicted molar refractivity (Wildman–Crippen MR) is 74.2 cm³/mol. The number of carbonyl (C=O) groups excluding carboxylic acids is 1. The molecule has 0 atom stereocenters. The zero-order chi connectivity index (χ0) is 14.8. The molecule has 0 N–H and O–H groups in total. The number of allylic oxidation sites excluding steroid dienone is 4. The van der Waals surface area contributed by atoms with Crippen molar-refractivity contribution in [1.29, 1.82) is 0 Å². The van der Waals surface area contributed by atoms with E-state index in [0.29, 0.717) is 16.9 Å². The van der Waals surface area contributed by atoms with E-state index < -0.39 is 10.1 Å². The lowest BCUT2D eigenvalue weighted by Gasteiger charge is -2.19. The van der Waals surface area contributed by atoms with E-state index in [1.807, 2.05) is 27.7 Å². The van der Waals surface area contributed by atoms with Crippen molar-refractivity contribution >= 4 is 21.6 Å². The molecule has 1 rings (SSSR count). The third kappa shape index (κ3) is 4.31. The topological polar surface area (TPSA) is 72.8 Å². The molecule has 6 heteroatoms. The highest BCUT2D eigenvalue weighted by Gasteiger charge is 2.25. The summed E-state index contributed by atoms with van der Waals surface area (Å²) in [6.45, 7) is 7.62. The van der Waals surface area contributed by atoms with Crippen LogP contribution in [0.4, 0.5) is 0 Å². The quantitative estimate of drug-likeness (QED) is 0.585. The molecule has 0 aromatic carbocycles. The Labute approximate surface area is 114 Å². The number of oxime groups is 1. The van der Waals surface area contributed by atoms with Gasteiger partial charge in [0, 0.05) is 11.1 Å². The second-order valence-electron chi connectivity index (χ2n) is 5.13. The molecule has 0 bridgehead atoms. The number of hydrogen-bond acceptors (Lipinski definition) is 5. The molecule has 0 heterocycles. The van der Waals surface area contributed by atoms with Gasteiger partial charge in [0.15, 0.2) is 5.78 Å². The Hall–Kier alpha value is -1.43. The molecule has 0 aliphatic heterocycles. The van der Waals surface area contributed by atoms with Gasteiger partial charge >= 0.3 is 10.1 Å². The molecule has 1 aliphatic carbocycles. The van der Waals surface area contributed by atoms with E-state index in [9.17, 15) is 13.2 Å². The second-order valence-corrected chi connectivity index (χ2v) is 6.69. The monoisotopic (exact) mass is 285 g/mol. The largest absolute Gasteiger partial charge is 0.325 e. The molecular formula is C13H19NO4S. The van der Waals surface area contributed by atoms with Crippen LogP contribution in [-0.4, -0.2) is 26.2 Å². The highest BCUT2D eigenvalue weighted by atomic mass is 32.2. The van der Waals surface area contributed by atoms with Gasteiger partial charge in [-0.2, -0.15) is 8.42 Å². The fourth-order valence-corrected chi connectivity index (χ4v) is 1.90. The summed E-state index contributed by atoms with van der Waals surface area (Å²) in [6.07, 6.45) is 4.07. The summed E-state index contributed by atoms with van der Waals surface area (Å²) >= 11 is 0. The fraction of sp³-hybridized carbons (Fsp3) is 0.538. The van der Waals surface area contributed by atoms with Crippen LogP contribution in [0.5, 0.6) is 0 Å². The van der Waals surface area contributed by atoms with Gasteiger partial charge < -0.3 is 0 Å². The van der Waals surface area contributed by atoms with Crippen LogP contribution in [0.1, 0.15) is 27.7 Å². The molecule has 0 fully saturated rings. The van der Waals surface area contributed by atoms with E-state index in [1.165, 1.54) is 0 Å². The van der Waals surface area contributed by atoms with Crippen molar-refractivity contribution in [2.75, 3.05) is 6.26 Å². The van der Waals surface area contributed by atoms with Gasteiger partial charge in [-0.15, -0.1) is 0 Å². The van der Waals surface area contributed by atoms with Crippen LogP contribution >= 0.6 is 0 Å². The first kappa shape index (κ1) is 15.6. The van der Waals surface area contributed by atoms with Gasteiger partial charge in [0.1, 0.15) is 5.71 Å². The maximum atomic E-state index is 12.2. The number of hydrogen-bond donors (Lipinski definition) is 0. The van der Waals surface area contributed by atoms with Crippen LogP contribution in [0.15, 0.2) is 28.5 Å². The van der Waals surface area contributed by atoms with Crippen LogP contribution in [-0.2, 0) is 19.2 Å². The molecule has 0 aromatic rings. The van der Waals surface area contributed by atoms with Gasteiger partial charge in [0.2, 0.25) is 0 Å². The van der Waals surface area contributed by atoms with Crippen LogP contribution in [0.25, 0.3) is 0 Å². The lowest BCUT2D eigenvalue weighted by molar-refractivity contribution is -0.113. The molecule has 1 aliphatic rings. The molecule has 0 amide bonds. The molecule has 0 saturated heterocycles. The smallest absolute Gasteiger partial charge is 0.289 e. The van der Waals surface area contributed by atoms with E-state index in [4.69, 9.17) is 0 Å². The molecular weight excluding hydrogens is 266 g/mol. The molecule has 0 spiro atoms. The first-order valence-electron chi connectivity index (χ1n) is 6.06. The summed E-state index contributed by atoms with van der Waals surface area (Å²) in [5.41, 5.74) is 1.57. The number of Topliss-reactive ketones (excluding diaryl/α,β-unsaturated/α-hetero) is 1. The van der Waals surface area contributed by atoms with Gasteiger partial charge in [-0.25, -0.2) is 0 Å². The molecule has 0 radical (unpaired) electrons. The Balaban J connectivity index is 3.20. The molecule has 106 valence electrons. The SMILES string of the molecule is CC(C)C1=CC(=NOS(C)(=O)=O)C=C(C(C)C)C1=O. The molecule has 0 unspecified atom stereocenters. The highest BCUT2D eigenvalue weighted by Crippen LogP contribution is 2.25. The highest BCUT2D eigenvalue weighted by molar-refractivity contribution is 7.85. The number of ketones is 1. The predicted octanol–water partition coefficient (Wildman–Crippen LogP) is 2.07. The van der Waals surface area contributed by atoms with Crippen LogP contribution in [0.2, 0.25) is 0 Å². The molecule has 0 saturated carbocycles. The van der Waals surface area contributed by atoms with Gasteiger partial charge in [-0.3, -0.25) is 9.08 Å².